The quantitative estimate of drug-likeness (QED) is 0.852. The molecule has 2 aromatic rings. The van der Waals surface area contributed by atoms with Crippen molar-refractivity contribution in [1.29, 1.82) is 0 Å². The summed E-state index contributed by atoms with van der Waals surface area (Å²) in [6, 6.07) is 16.6. The van der Waals surface area contributed by atoms with E-state index in [-0.39, 0.29) is 5.41 Å². The van der Waals surface area contributed by atoms with Crippen LogP contribution in [0.15, 0.2) is 48.5 Å². The van der Waals surface area contributed by atoms with Crippen molar-refractivity contribution in [2.75, 3.05) is 18.5 Å². The van der Waals surface area contributed by atoms with E-state index in [1.54, 1.807) is 0 Å². The van der Waals surface area contributed by atoms with E-state index in [1.807, 2.05) is 18.2 Å². The largest absolute Gasteiger partial charge is 0.430 e. The zero-order chi connectivity index (χ0) is 18.3. The summed E-state index contributed by atoms with van der Waals surface area (Å²) >= 11 is 2.16. The molecule has 0 spiro atoms. The molecule has 26 heavy (non-hydrogen) atoms. The highest BCUT2D eigenvalue weighted by Crippen LogP contribution is 2.52. The number of likely N-dealkylation sites (N-methyl/N-ethyl adjacent to an activating group) is 1. The lowest BCUT2D eigenvalue weighted by Crippen LogP contribution is -2.46. The summed E-state index contributed by atoms with van der Waals surface area (Å²) in [5.41, 5.74) is 3.81. The van der Waals surface area contributed by atoms with Crippen molar-refractivity contribution in [3.63, 3.8) is 0 Å². The minimum absolute atomic E-state index is 0.0235. The summed E-state index contributed by atoms with van der Waals surface area (Å²) in [4.78, 5) is 16.5. The highest BCUT2D eigenvalue weighted by Gasteiger charge is 2.53. The predicted octanol–water partition coefficient (Wildman–Crippen LogP) is 2.80. The lowest BCUT2D eigenvalue weighted by Gasteiger charge is -2.35. The van der Waals surface area contributed by atoms with Gasteiger partial charge in [-0.1, -0.05) is 37.3 Å². The molecule has 1 saturated heterocycles. The molecule has 1 amide bonds. The van der Waals surface area contributed by atoms with Crippen LogP contribution in [0.1, 0.15) is 24.5 Å². The molecule has 2 atom stereocenters. The molecule has 1 unspecified atom stereocenters. The first-order valence-corrected chi connectivity index (χ1v) is 9.44. The number of hydrogen-bond acceptors (Lipinski definition) is 4. The first kappa shape index (κ1) is 17.4. The van der Waals surface area contributed by atoms with E-state index in [9.17, 15) is 4.79 Å². The fourth-order valence-corrected chi connectivity index (χ4v) is 4.57. The first-order valence-electron chi connectivity index (χ1n) is 8.87. The van der Waals surface area contributed by atoms with E-state index in [0.29, 0.717) is 11.9 Å². The predicted molar refractivity (Wildman–Crippen MR) is 102 cm³/mol. The first-order chi connectivity index (χ1) is 12.5. The van der Waals surface area contributed by atoms with Crippen LogP contribution in [0.25, 0.3) is 0 Å². The molecule has 1 N–H and O–H groups in total. The lowest BCUT2D eigenvalue weighted by molar-refractivity contribution is 0.207. The number of hydrogen-bond donors (Lipinski definition) is 1. The van der Waals surface area contributed by atoms with Gasteiger partial charge in [-0.2, -0.15) is 0 Å². The van der Waals surface area contributed by atoms with Crippen molar-refractivity contribution >= 4 is 28.3 Å². The Morgan fingerprint density at radius 3 is 2.81 bits per heavy atom. The van der Waals surface area contributed by atoms with Crippen LogP contribution in [-0.4, -0.2) is 47.3 Å². The number of nitrogens with one attached hydrogen (secondary N) is 1. The van der Waals surface area contributed by atoms with Gasteiger partial charge in [0, 0.05) is 24.2 Å². The Balaban J connectivity index is 1.74. The molecule has 132 valence electrons. The van der Waals surface area contributed by atoms with Crippen LogP contribution in [0.2, 0.25) is 0 Å². The van der Waals surface area contributed by atoms with E-state index >= 15 is 0 Å². The molecule has 0 aromatic heterocycles. The summed E-state index contributed by atoms with van der Waals surface area (Å²) in [6.07, 6.45) is 0.925. The molecule has 2 aliphatic rings. The van der Waals surface area contributed by atoms with E-state index in [4.69, 9.17) is 4.74 Å². The normalized spacial score (nSPS) is 24.2. The smallest absolute Gasteiger partial charge is 0.387 e. The summed E-state index contributed by atoms with van der Waals surface area (Å²) in [6.45, 7) is 4.25. The van der Waals surface area contributed by atoms with Gasteiger partial charge >= 0.3 is 22.6 Å². The molecule has 6 heteroatoms. The van der Waals surface area contributed by atoms with Crippen LogP contribution in [0, 0.1) is 0 Å². The SMILES string of the molecule is CN1CC[C@@]2(C)c3cc(OC(=O)[NH][Al])ccc3N(Cc3ccccc3)C12. The van der Waals surface area contributed by atoms with Crippen LogP contribution in [0.5, 0.6) is 5.75 Å². The number of ether oxygens (including phenoxy) is 1. The molecule has 2 heterocycles. The molecule has 0 aliphatic carbocycles. The molecule has 4 rings (SSSR count). The number of rotatable bonds is 3. The van der Waals surface area contributed by atoms with Gasteiger partial charge in [-0.3, -0.25) is 4.90 Å². The molecule has 2 radical (unpaired) electrons. The fourth-order valence-electron chi connectivity index (χ4n) is 4.51. The molecule has 0 bridgehead atoms. The number of nitrogens with zero attached hydrogens (tertiary/aromatic N) is 2. The Hall–Kier alpha value is -2.00. The molecule has 5 nitrogen and oxygen atoms in total. The molecule has 0 saturated carbocycles. The van der Waals surface area contributed by atoms with Crippen LogP contribution >= 0.6 is 0 Å². The lowest BCUT2D eigenvalue weighted by atomic mass is 9.81. The van der Waals surface area contributed by atoms with Gasteiger partial charge in [0.15, 0.2) is 0 Å². The molecule has 1 fully saturated rings. The van der Waals surface area contributed by atoms with Crippen LogP contribution in [0.3, 0.4) is 0 Å². The van der Waals surface area contributed by atoms with Gasteiger partial charge in [-0.25, -0.2) is 4.79 Å². The Kier molecular flexibility index (Phi) is 4.44. The Bertz CT molecular complexity index is 829. The number of anilines is 1. The highest BCUT2D eigenvalue weighted by atomic mass is 27.1. The maximum absolute atomic E-state index is 11.6. The minimum Gasteiger partial charge on any atom is -0.430 e. The van der Waals surface area contributed by atoms with Crippen LogP contribution in [-0.2, 0) is 12.0 Å². The number of amides is 1. The number of fused-ring (bicyclic) bond motifs is 3. The van der Waals surface area contributed by atoms with Gasteiger partial charge in [-0.05, 0) is 42.8 Å². The second-order valence-corrected chi connectivity index (χ2v) is 7.64. The minimum atomic E-state index is -0.473. The van der Waals surface area contributed by atoms with Crippen molar-refractivity contribution in [2.45, 2.75) is 31.5 Å². The zero-order valence-corrected chi connectivity index (χ0v) is 16.3. The summed E-state index contributed by atoms with van der Waals surface area (Å²) in [5.74, 6) is 0.583. The number of carbonyl (C=O) groups excluding carboxylic acids is 1. The maximum Gasteiger partial charge on any atom is 0.387 e. The van der Waals surface area contributed by atoms with Crippen molar-refractivity contribution in [3.05, 3.63) is 59.7 Å². The average Bonchev–Trinajstić information content (AvgIpc) is 3.08. The monoisotopic (exact) mass is 363 g/mol. The van der Waals surface area contributed by atoms with Crippen molar-refractivity contribution in [1.82, 2.24) is 9.20 Å². The zero-order valence-electron chi connectivity index (χ0n) is 15.1. The number of benzene rings is 2. The Morgan fingerprint density at radius 1 is 1.31 bits per heavy atom. The van der Waals surface area contributed by atoms with Crippen molar-refractivity contribution in [3.8, 4) is 5.75 Å². The Labute approximate surface area is 162 Å². The van der Waals surface area contributed by atoms with Crippen LogP contribution < -0.4 is 13.9 Å². The Morgan fingerprint density at radius 2 is 2.08 bits per heavy atom. The van der Waals surface area contributed by atoms with Gasteiger partial charge in [-0.15, -0.1) is 0 Å². The van der Waals surface area contributed by atoms with Gasteiger partial charge in [0.2, 0.25) is 0 Å². The van der Waals surface area contributed by atoms with E-state index in [2.05, 4.69) is 74.9 Å². The molecule has 2 aliphatic heterocycles. The third kappa shape index (κ3) is 2.79. The fraction of sp³-hybridized carbons (Fsp3) is 0.350. The summed E-state index contributed by atoms with van der Waals surface area (Å²) in [7, 11) is 2.19. The summed E-state index contributed by atoms with van der Waals surface area (Å²) in [5, 5.41) is 0. The van der Waals surface area contributed by atoms with Gasteiger partial charge < -0.3 is 13.9 Å². The average molecular weight is 363 g/mol. The topological polar surface area (TPSA) is 44.8 Å². The molecule has 2 aromatic carbocycles. The van der Waals surface area contributed by atoms with Gasteiger partial charge in [0.1, 0.15) is 5.75 Å². The van der Waals surface area contributed by atoms with E-state index in [0.717, 1.165) is 19.5 Å². The second-order valence-electron chi connectivity index (χ2n) is 7.35. The van der Waals surface area contributed by atoms with E-state index < -0.39 is 6.09 Å². The van der Waals surface area contributed by atoms with Crippen molar-refractivity contribution in [2.24, 2.45) is 0 Å². The third-order valence-corrected chi connectivity index (χ3v) is 5.92. The van der Waals surface area contributed by atoms with Crippen LogP contribution in [0.4, 0.5) is 10.5 Å². The number of likely N-dealkylation sites (tertiary alicyclic amines) is 1. The third-order valence-electron chi connectivity index (χ3n) is 5.68. The van der Waals surface area contributed by atoms with Gasteiger partial charge in [0.05, 0.1) is 6.17 Å². The number of carbonyl (C=O) groups is 1. The maximum atomic E-state index is 11.6. The van der Waals surface area contributed by atoms with E-state index in [1.165, 1.54) is 16.8 Å². The molecular weight excluding hydrogens is 341 g/mol. The second kappa shape index (κ2) is 6.62. The highest BCUT2D eigenvalue weighted by molar-refractivity contribution is 6.13. The standard InChI is InChI=1S/C20H23N3O2.Al/c1-20-10-11-22(2)18(20)23(13-14-6-4-3-5-7-14)17-9-8-15(12-16(17)20)25-19(21)24;/h3-9,12,18H,10-11,13H2,1-2H3,(H2,21,24);/q;+1/p-1/t18?,20-;/m0./s1. The van der Waals surface area contributed by atoms with Gasteiger partial charge in [0.25, 0.3) is 0 Å². The van der Waals surface area contributed by atoms with Crippen molar-refractivity contribution < 1.29 is 9.53 Å². The molecular formula is C20H22AlN3O2. The summed E-state index contributed by atoms with van der Waals surface area (Å²) < 4.78 is 7.78.